The molecule has 0 radical (unpaired) electrons. The van der Waals surface area contributed by atoms with Crippen molar-refractivity contribution in [2.45, 2.75) is 19.6 Å². The summed E-state index contributed by atoms with van der Waals surface area (Å²) in [6.07, 6.45) is 0.806. The molecule has 0 aliphatic heterocycles. The molecular weight excluding hydrogens is 248 g/mol. The number of halogens is 1. The molecule has 0 heterocycles. The van der Waals surface area contributed by atoms with Gasteiger partial charge >= 0.3 is 0 Å². The van der Waals surface area contributed by atoms with Crippen molar-refractivity contribution in [3.8, 4) is 5.75 Å². The Hall–Kier alpha value is -0.580. The molecule has 0 fully saturated rings. The van der Waals surface area contributed by atoms with Crippen molar-refractivity contribution in [2.24, 2.45) is 0 Å². The second-order valence-corrected chi connectivity index (χ2v) is 3.81. The van der Waals surface area contributed by atoms with Gasteiger partial charge in [0.05, 0.1) is 13.2 Å². The molecular formula is C10H13BrO3. The molecule has 0 bridgehead atoms. The number of rotatable bonds is 4. The minimum atomic E-state index is -0.213. The van der Waals surface area contributed by atoms with E-state index in [9.17, 15) is 5.11 Å². The van der Waals surface area contributed by atoms with E-state index in [-0.39, 0.29) is 19.0 Å². The van der Waals surface area contributed by atoms with Gasteiger partial charge in [0.1, 0.15) is 5.75 Å². The third kappa shape index (κ3) is 2.47. The minimum Gasteiger partial charge on any atom is -0.507 e. The Balaban J connectivity index is 3.11. The molecule has 0 unspecified atom stereocenters. The number of aliphatic hydroxyl groups excluding tert-OH is 2. The predicted octanol–water partition coefficient (Wildman–Crippen LogP) is 1.31. The van der Waals surface area contributed by atoms with Gasteiger partial charge in [0, 0.05) is 16.5 Å². The second-order valence-electron chi connectivity index (χ2n) is 3.02. The highest BCUT2D eigenvalue weighted by Gasteiger charge is 2.08. The zero-order chi connectivity index (χ0) is 10.6. The van der Waals surface area contributed by atoms with Gasteiger partial charge in [-0.1, -0.05) is 15.9 Å². The summed E-state index contributed by atoms with van der Waals surface area (Å²) in [4.78, 5) is 0. The van der Waals surface area contributed by atoms with Gasteiger partial charge in [-0.25, -0.2) is 0 Å². The lowest BCUT2D eigenvalue weighted by atomic mass is 10.0. The molecule has 3 nitrogen and oxygen atoms in total. The normalized spacial score (nSPS) is 10.5. The largest absolute Gasteiger partial charge is 0.507 e. The van der Waals surface area contributed by atoms with Gasteiger partial charge in [-0.05, 0) is 24.1 Å². The highest BCUT2D eigenvalue weighted by molar-refractivity contribution is 9.09. The quantitative estimate of drug-likeness (QED) is 0.716. The highest BCUT2D eigenvalue weighted by atomic mass is 79.9. The molecule has 0 atom stereocenters. The van der Waals surface area contributed by atoms with E-state index in [1.807, 2.05) is 0 Å². The fourth-order valence-corrected chi connectivity index (χ4v) is 1.78. The first-order valence-corrected chi connectivity index (χ1v) is 5.46. The van der Waals surface area contributed by atoms with E-state index >= 15 is 0 Å². The number of alkyl halides is 1. The monoisotopic (exact) mass is 260 g/mol. The van der Waals surface area contributed by atoms with Gasteiger partial charge in [0.15, 0.2) is 0 Å². The van der Waals surface area contributed by atoms with Crippen LogP contribution in [0.5, 0.6) is 5.75 Å². The Bertz CT molecular complexity index is 287. The molecule has 0 aromatic heterocycles. The predicted molar refractivity (Wildman–Crippen MR) is 57.5 cm³/mol. The number of hydrogen-bond donors (Lipinski definition) is 3. The van der Waals surface area contributed by atoms with Crippen LogP contribution in [0, 0.1) is 0 Å². The third-order valence-corrected chi connectivity index (χ3v) is 2.45. The van der Waals surface area contributed by atoms with Crippen LogP contribution in [0.3, 0.4) is 0 Å². The van der Waals surface area contributed by atoms with Crippen molar-refractivity contribution < 1.29 is 15.3 Å². The maximum absolute atomic E-state index is 9.55. The summed E-state index contributed by atoms with van der Waals surface area (Å²) >= 11 is 3.31. The Labute approximate surface area is 91.1 Å². The fourth-order valence-electron chi connectivity index (χ4n) is 1.33. The molecule has 0 amide bonds. The first-order chi connectivity index (χ1) is 6.72. The number of aromatic hydroxyl groups is 1. The fraction of sp³-hybridized carbons (Fsp3) is 0.400. The number of aryl methyl sites for hydroxylation is 1. The average molecular weight is 261 g/mol. The summed E-state index contributed by atoms with van der Waals surface area (Å²) in [5.74, 6) is -0.00618. The molecule has 14 heavy (non-hydrogen) atoms. The Kier molecular flexibility index (Phi) is 4.38. The summed E-state index contributed by atoms with van der Waals surface area (Å²) < 4.78 is 0. The van der Waals surface area contributed by atoms with Crippen LogP contribution in [0.25, 0.3) is 0 Å². The molecule has 0 spiro atoms. The highest BCUT2D eigenvalue weighted by Crippen LogP contribution is 2.25. The van der Waals surface area contributed by atoms with Gasteiger partial charge in [0.25, 0.3) is 0 Å². The summed E-state index contributed by atoms with van der Waals surface area (Å²) in [5.41, 5.74) is 1.92. The topological polar surface area (TPSA) is 60.7 Å². The van der Waals surface area contributed by atoms with E-state index in [0.717, 1.165) is 17.3 Å². The summed E-state index contributed by atoms with van der Waals surface area (Å²) in [7, 11) is 0. The van der Waals surface area contributed by atoms with Crippen molar-refractivity contribution in [1.29, 1.82) is 0 Å². The van der Waals surface area contributed by atoms with Crippen molar-refractivity contribution >= 4 is 15.9 Å². The van der Waals surface area contributed by atoms with Crippen molar-refractivity contribution in [3.05, 3.63) is 28.8 Å². The molecule has 3 N–H and O–H groups in total. The van der Waals surface area contributed by atoms with E-state index in [4.69, 9.17) is 10.2 Å². The SMILES string of the molecule is OCc1cc(CCBr)cc(CO)c1O. The molecule has 0 saturated heterocycles. The zero-order valence-electron chi connectivity index (χ0n) is 7.70. The van der Waals surface area contributed by atoms with Crippen molar-refractivity contribution in [2.75, 3.05) is 5.33 Å². The van der Waals surface area contributed by atoms with E-state index in [2.05, 4.69) is 15.9 Å². The van der Waals surface area contributed by atoms with Gasteiger partial charge in [-0.15, -0.1) is 0 Å². The van der Waals surface area contributed by atoms with E-state index in [0.29, 0.717) is 11.1 Å². The Morgan fingerprint density at radius 2 is 1.57 bits per heavy atom. The van der Waals surface area contributed by atoms with Crippen LogP contribution in [0.4, 0.5) is 0 Å². The second kappa shape index (κ2) is 5.34. The molecule has 4 heteroatoms. The van der Waals surface area contributed by atoms with Crippen molar-refractivity contribution in [3.63, 3.8) is 0 Å². The maximum Gasteiger partial charge on any atom is 0.126 e. The van der Waals surface area contributed by atoms with Crippen LogP contribution in [0.15, 0.2) is 12.1 Å². The molecule has 1 rings (SSSR count). The first kappa shape index (κ1) is 11.5. The number of phenols is 1. The van der Waals surface area contributed by atoms with Gasteiger partial charge in [0.2, 0.25) is 0 Å². The van der Waals surface area contributed by atoms with E-state index in [1.54, 1.807) is 12.1 Å². The number of hydrogen-bond acceptors (Lipinski definition) is 3. The molecule has 0 aliphatic carbocycles. The molecule has 1 aromatic rings. The molecule has 78 valence electrons. The molecule has 1 aromatic carbocycles. The lowest BCUT2D eigenvalue weighted by Gasteiger charge is -2.09. The smallest absolute Gasteiger partial charge is 0.126 e. The van der Waals surface area contributed by atoms with Crippen LogP contribution < -0.4 is 0 Å². The van der Waals surface area contributed by atoms with Crippen molar-refractivity contribution in [1.82, 2.24) is 0 Å². The van der Waals surface area contributed by atoms with Gasteiger partial charge in [-0.2, -0.15) is 0 Å². The third-order valence-electron chi connectivity index (χ3n) is 2.05. The van der Waals surface area contributed by atoms with Crippen LogP contribution in [-0.2, 0) is 19.6 Å². The average Bonchev–Trinajstić information content (AvgIpc) is 2.20. The zero-order valence-corrected chi connectivity index (χ0v) is 9.29. The van der Waals surface area contributed by atoms with Crippen LogP contribution in [-0.4, -0.2) is 20.6 Å². The minimum absolute atomic E-state index is 0.00618. The number of benzene rings is 1. The number of aliphatic hydroxyl groups is 2. The lowest BCUT2D eigenvalue weighted by Crippen LogP contribution is -1.96. The summed E-state index contributed by atoms with van der Waals surface area (Å²) in [5, 5.41) is 28.3. The Morgan fingerprint density at radius 1 is 1.07 bits per heavy atom. The van der Waals surface area contributed by atoms with Gasteiger partial charge in [-0.3, -0.25) is 0 Å². The van der Waals surface area contributed by atoms with Crippen LogP contribution in [0.2, 0.25) is 0 Å². The lowest BCUT2D eigenvalue weighted by molar-refractivity contribution is 0.263. The van der Waals surface area contributed by atoms with Crippen LogP contribution in [0.1, 0.15) is 16.7 Å². The van der Waals surface area contributed by atoms with E-state index < -0.39 is 0 Å². The summed E-state index contributed by atoms with van der Waals surface area (Å²) in [6, 6.07) is 3.49. The molecule has 0 aliphatic rings. The standard InChI is InChI=1S/C10H13BrO3/c11-2-1-7-3-8(5-12)10(14)9(4-7)6-13/h3-4,12-14H,1-2,5-6H2. The molecule has 0 saturated carbocycles. The van der Waals surface area contributed by atoms with Gasteiger partial charge < -0.3 is 15.3 Å². The van der Waals surface area contributed by atoms with E-state index in [1.165, 1.54) is 0 Å². The van der Waals surface area contributed by atoms with Crippen LogP contribution >= 0.6 is 15.9 Å². The first-order valence-electron chi connectivity index (χ1n) is 4.34. The maximum atomic E-state index is 9.55. The summed E-state index contributed by atoms with van der Waals surface area (Å²) in [6.45, 7) is -0.427. The Morgan fingerprint density at radius 3 is 1.93 bits per heavy atom.